The van der Waals surface area contributed by atoms with Crippen LogP contribution in [0.4, 0.5) is 4.79 Å². The van der Waals surface area contributed by atoms with Crippen molar-refractivity contribution in [2.75, 3.05) is 0 Å². The molecule has 3 rings (SSSR count). The second-order valence-electron chi connectivity index (χ2n) is 3.13. The number of hydrogen-bond donors (Lipinski definition) is 2. The molecule has 5 heteroatoms. The van der Waals surface area contributed by atoms with Crippen LogP contribution < -0.4 is 11.5 Å². The number of nitrogens with two attached hydrogens (primary N) is 2. The first-order valence-corrected chi connectivity index (χ1v) is 5.19. The Kier molecular flexibility index (Phi) is 4.97. The number of urea groups is 1. The lowest BCUT2D eigenvalue weighted by Crippen LogP contribution is -2.18. The lowest BCUT2D eigenvalue weighted by molar-refractivity contribution is 0.256. The third-order valence-electron chi connectivity index (χ3n) is 1.85. The molecule has 2 aliphatic rings. The molecule has 0 radical (unpaired) electrons. The highest BCUT2D eigenvalue weighted by Gasteiger charge is 2.03. The molecule has 17 heavy (non-hydrogen) atoms. The monoisotopic (exact) mass is 249 g/mol. The van der Waals surface area contributed by atoms with Gasteiger partial charge in [-0.25, -0.2) is 9.78 Å². The fourth-order valence-electron chi connectivity index (χ4n) is 1.00. The molecule has 2 aliphatic carbocycles. The molecule has 4 N–H and O–H groups in total. The summed E-state index contributed by atoms with van der Waals surface area (Å²) in [7, 11) is 0. The molecule has 0 saturated heterocycles. The summed E-state index contributed by atoms with van der Waals surface area (Å²) in [5.41, 5.74) is 11.4. The zero-order valence-electron chi connectivity index (χ0n) is 9.01. The Morgan fingerprint density at radius 3 is 1.59 bits per heavy atom. The number of amides is 2. The van der Waals surface area contributed by atoms with Gasteiger partial charge in [-0.2, -0.15) is 0 Å². The molecule has 0 unspecified atom stereocenters. The fourth-order valence-corrected chi connectivity index (χ4v) is 1.13. The van der Waals surface area contributed by atoms with Crippen molar-refractivity contribution in [2.24, 2.45) is 11.5 Å². The summed E-state index contributed by atoms with van der Waals surface area (Å²) in [6.07, 6.45) is 1.66. The highest BCUT2D eigenvalue weighted by molar-refractivity contribution is 6.29. The molecule has 0 spiro atoms. The Morgan fingerprint density at radius 2 is 1.47 bits per heavy atom. The summed E-state index contributed by atoms with van der Waals surface area (Å²) in [4.78, 5) is 12.7. The minimum atomic E-state index is -0.833. The van der Waals surface area contributed by atoms with Crippen LogP contribution in [0.1, 0.15) is 0 Å². The smallest absolute Gasteiger partial charge is 0.309 e. The predicted octanol–water partition coefficient (Wildman–Crippen LogP) is 2.43. The number of aromatic nitrogens is 1. The zero-order chi connectivity index (χ0) is 12.7. The average molecular weight is 250 g/mol. The first-order chi connectivity index (χ1) is 8.09. The highest BCUT2D eigenvalue weighted by Crippen LogP contribution is 2.29. The number of fused-ring (bicyclic) bond motifs is 1. The van der Waals surface area contributed by atoms with E-state index in [0.29, 0.717) is 5.15 Å². The minimum absolute atomic E-state index is 0.544. The van der Waals surface area contributed by atoms with Gasteiger partial charge in [0.05, 0.1) is 0 Å². The summed E-state index contributed by atoms with van der Waals surface area (Å²) in [6, 6.07) is 13.1. The second kappa shape index (κ2) is 6.50. The molecule has 1 aromatic heterocycles. The van der Waals surface area contributed by atoms with E-state index >= 15 is 0 Å². The molecule has 0 aromatic carbocycles. The van der Waals surface area contributed by atoms with E-state index in [9.17, 15) is 0 Å². The van der Waals surface area contributed by atoms with Crippen molar-refractivity contribution in [1.29, 1.82) is 0 Å². The molecule has 0 bridgehead atoms. The van der Waals surface area contributed by atoms with Crippen molar-refractivity contribution in [3.8, 4) is 11.1 Å². The summed E-state index contributed by atoms with van der Waals surface area (Å²) in [5, 5.41) is 0.544. The lowest BCUT2D eigenvalue weighted by atomic mass is 9.95. The number of hydrogen-bond acceptors (Lipinski definition) is 2. The van der Waals surface area contributed by atoms with Crippen LogP contribution in [0.15, 0.2) is 48.7 Å². The Morgan fingerprint density at radius 1 is 1.00 bits per heavy atom. The van der Waals surface area contributed by atoms with E-state index in [4.69, 9.17) is 16.4 Å². The fraction of sp³-hybridized carbons (Fsp3) is 0. The molecule has 4 nitrogen and oxygen atoms in total. The number of rotatable bonds is 0. The van der Waals surface area contributed by atoms with E-state index in [1.807, 2.05) is 12.1 Å². The van der Waals surface area contributed by atoms with E-state index in [1.54, 1.807) is 12.3 Å². The zero-order valence-corrected chi connectivity index (χ0v) is 9.76. The van der Waals surface area contributed by atoms with Gasteiger partial charge in [-0.15, -0.1) is 0 Å². The van der Waals surface area contributed by atoms with E-state index in [0.717, 1.165) is 0 Å². The van der Waals surface area contributed by atoms with Gasteiger partial charge in [0.25, 0.3) is 0 Å². The Balaban J connectivity index is 0.000000133. The standard InChI is InChI=1S/C6H4.C5H4ClN.CH4N2O/c1-2-6-4-3-5(1)6;6-5-3-1-2-4-7-5;2-1(3)4/h1-4H;1-4H;(H4,2,3,4). The topological polar surface area (TPSA) is 82.0 Å². The van der Waals surface area contributed by atoms with Crippen LogP contribution in [0.3, 0.4) is 0 Å². The summed E-state index contributed by atoms with van der Waals surface area (Å²) >= 11 is 5.43. The van der Waals surface area contributed by atoms with Crippen LogP contribution in [-0.2, 0) is 0 Å². The van der Waals surface area contributed by atoms with Crippen LogP contribution in [0, 0.1) is 0 Å². The van der Waals surface area contributed by atoms with Gasteiger partial charge in [0.1, 0.15) is 5.15 Å². The molecular formula is C12H12ClN3O. The van der Waals surface area contributed by atoms with Crippen molar-refractivity contribution in [2.45, 2.75) is 0 Å². The molecule has 1 aromatic rings. The second-order valence-corrected chi connectivity index (χ2v) is 3.52. The molecule has 2 amide bonds. The van der Waals surface area contributed by atoms with Gasteiger partial charge in [0.2, 0.25) is 0 Å². The van der Waals surface area contributed by atoms with Crippen LogP contribution >= 0.6 is 11.6 Å². The van der Waals surface area contributed by atoms with E-state index < -0.39 is 6.03 Å². The third kappa shape index (κ3) is 4.99. The van der Waals surface area contributed by atoms with Crippen LogP contribution in [0.2, 0.25) is 5.15 Å². The number of primary amides is 2. The van der Waals surface area contributed by atoms with Gasteiger partial charge in [0.15, 0.2) is 0 Å². The van der Waals surface area contributed by atoms with Gasteiger partial charge in [0, 0.05) is 6.20 Å². The molecule has 0 fully saturated rings. The largest absolute Gasteiger partial charge is 0.352 e. The van der Waals surface area contributed by atoms with Gasteiger partial charge < -0.3 is 11.5 Å². The molecule has 88 valence electrons. The molecule has 1 heterocycles. The predicted molar refractivity (Wildman–Crippen MR) is 68.5 cm³/mol. The summed E-state index contributed by atoms with van der Waals surface area (Å²) < 4.78 is 0. The van der Waals surface area contributed by atoms with E-state index in [2.05, 4.69) is 40.7 Å². The number of pyridine rings is 1. The summed E-state index contributed by atoms with van der Waals surface area (Å²) in [6.45, 7) is 0. The van der Waals surface area contributed by atoms with E-state index in [-0.39, 0.29) is 0 Å². The maximum Gasteiger partial charge on any atom is 0.309 e. The average Bonchev–Trinajstić information content (AvgIpc) is 2.24. The number of benzene rings is 1. The normalized spacial score (nSPS) is 9.00. The Hall–Kier alpha value is -2.07. The molecule has 0 aliphatic heterocycles. The molecule has 0 atom stereocenters. The van der Waals surface area contributed by atoms with Crippen molar-refractivity contribution in [3.05, 3.63) is 53.8 Å². The lowest BCUT2D eigenvalue weighted by Gasteiger charge is -2.10. The quantitative estimate of drug-likeness (QED) is 0.600. The first-order valence-electron chi connectivity index (χ1n) is 4.81. The maximum atomic E-state index is 9.00. The van der Waals surface area contributed by atoms with Gasteiger partial charge in [-0.3, -0.25) is 0 Å². The minimum Gasteiger partial charge on any atom is -0.352 e. The summed E-state index contributed by atoms with van der Waals surface area (Å²) in [5.74, 6) is 0. The van der Waals surface area contributed by atoms with Gasteiger partial charge in [-0.05, 0) is 23.3 Å². The van der Waals surface area contributed by atoms with Crippen LogP contribution in [-0.4, -0.2) is 11.0 Å². The SMILES string of the molecule is Clc1ccccn1.NC(N)=O.c1cc2ccc1-2. The van der Waals surface area contributed by atoms with Crippen molar-refractivity contribution < 1.29 is 4.79 Å². The molecular weight excluding hydrogens is 238 g/mol. The number of nitrogens with zero attached hydrogens (tertiary/aromatic N) is 1. The van der Waals surface area contributed by atoms with Crippen molar-refractivity contribution in [3.63, 3.8) is 0 Å². The van der Waals surface area contributed by atoms with E-state index in [1.165, 1.54) is 11.1 Å². The van der Waals surface area contributed by atoms with Crippen LogP contribution in [0.25, 0.3) is 11.1 Å². The number of halogens is 1. The van der Waals surface area contributed by atoms with Crippen LogP contribution in [0.5, 0.6) is 0 Å². The maximum absolute atomic E-state index is 9.00. The Labute approximate surface area is 104 Å². The third-order valence-corrected chi connectivity index (χ3v) is 2.07. The highest BCUT2D eigenvalue weighted by atomic mass is 35.5. The number of carbonyl (C=O) groups excluding carboxylic acids is 1. The van der Waals surface area contributed by atoms with Crippen molar-refractivity contribution >= 4 is 17.6 Å². The molecule has 0 saturated carbocycles. The van der Waals surface area contributed by atoms with Gasteiger partial charge in [-0.1, -0.05) is 41.9 Å². The Bertz CT molecular complexity index is 446. The number of carbonyl (C=O) groups is 1. The van der Waals surface area contributed by atoms with Gasteiger partial charge >= 0.3 is 6.03 Å². The first kappa shape index (κ1) is 13.0. The van der Waals surface area contributed by atoms with Crippen molar-refractivity contribution in [1.82, 2.24) is 4.98 Å².